The molecule has 0 aliphatic heterocycles. The van der Waals surface area contributed by atoms with Gasteiger partial charge in [0.2, 0.25) is 0 Å². The summed E-state index contributed by atoms with van der Waals surface area (Å²) in [5.41, 5.74) is -0.346. The second-order valence-corrected chi connectivity index (χ2v) is 9.26. The third kappa shape index (κ3) is 3.65. The summed E-state index contributed by atoms with van der Waals surface area (Å²) in [6, 6.07) is 12.3. The van der Waals surface area contributed by atoms with Crippen molar-refractivity contribution >= 4 is 56.5 Å². The Morgan fingerprint density at radius 3 is 1.97 bits per heavy atom. The lowest BCUT2D eigenvalue weighted by atomic mass is 9.83. The maximum absolute atomic E-state index is 13.0. The fourth-order valence-corrected chi connectivity index (χ4v) is 5.47. The number of halogens is 4. The molecule has 0 spiro atoms. The van der Waals surface area contributed by atoms with Gasteiger partial charge in [-0.15, -0.1) is 0 Å². The number of hydrogen-bond acceptors (Lipinski definition) is 4. The van der Waals surface area contributed by atoms with Gasteiger partial charge < -0.3 is 10.2 Å². The van der Waals surface area contributed by atoms with Gasteiger partial charge in [-0.1, -0.05) is 76.7 Å². The number of aromatic hydroxyl groups is 2. The van der Waals surface area contributed by atoms with Crippen molar-refractivity contribution in [3.05, 3.63) is 91.4 Å². The van der Waals surface area contributed by atoms with Crippen LogP contribution in [0.5, 0.6) is 11.5 Å². The molecule has 1 unspecified atom stereocenters. The van der Waals surface area contributed by atoms with E-state index < -0.39 is 25.6 Å². The first-order valence-corrected chi connectivity index (χ1v) is 10.8. The van der Waals surface area contributed by atoms with Crippen molar-refractivity contribution in [1.29, 1.82) is 0 Å². The summed E-state index contributed by atoms with van der Waals surface area (Å²) in [4.78, 5) is 0. The van der Waals surface area contributed by atoms with E-state index in [0.717, 1.165) is 12.1 Å². The highest BCUT2D eigenvalue weighted by Crippen LogP contribution is 2.52. The van der Waals surface area contributed by atoms with Gasteiger partial charge in [0, 0.05) is 10.6 Å². The molecule has 29 heavy (non-hydrogen) atoms. The average Bonchev–Trinajstić information content (AvgIpc) is 2.63. The van der Waals surface area contributed by atoms with Crippen molar-refractivity contribution in [1.82, 2.24) is 0 Å². The predicted molar refractivity (Wildman–Crippen MR) is 114 cm³/mol. The van der Waals surface area contributed by atoms with Crippen LogP contribution in [-0.2, 0) is 14.9 Å². The zero-order valence-corrected chi connectivity index (χ0v) is 18.1. The zero-order chi connectivity index (χ0) is 21.6. The van der Waals surface area contributed by atoms with E-state index in [-0.39, 0.29) is 37.5 Å². The third-order valence-electron chi connectivity index (χ3n) is 4.37. The molecule has 0 aliphatic carbocycles. The number of rotatable bonds is 4. The zero-order valence-electron chi connectivity index (χ0n) is 14.3. The lowest BCUT2D eigenvalue weighted by Crippen LogP contribution is -2.38. The molecule has 1 atom stereocenters. The molecule has 3 aromatic rings. The highest BCUT2D eigenvalue weighted by Gasteiger charge is 2.50. The number of benzene rings is 3. The molecule has 3 aromatic carbocycles. The van der Waals surface area contributed by atoms with E-state index in [1.807, 2.05) is 0 Å². The van der Waals surface area contributed by atoms with Crippen LogP contribution in [0.2, 0.25) is 20.1 Å². The van der Waals surface area contributed by atoms with Crippen LogP contribution in [0, 0.1) is 0 Å². The molecule has 5 nitrogen and oxygen atoms in total. The van der Waals surface area contributed by atoms with Crippen LogP contribution in [0.25, 0.3) is 0 Å². The largest absolute Gasteiger partial charge is 0.508 e. The second kappa shape index (κ2) is 7.87. The Hall–Kier alpha value is -1.67. The first-order chi connectivity index (χ1) is 13.5. The van der Waals surface area contributed by atoms with E-state index in [0.29, 0.717) is 0 Å². The summed E-state index contributed by atoms with van der Waals surface area (Å²) in [5, 5.41) is 19.4. The van der Waals surface area contributed by atoms with Crippen LogP contribution < -0.4 is 0 Å². The van der Waals surface area contributed by atoms with Crippen LogP contribution in [0.4, 0.5) is 0 Å². The molecule has 0 amide bonds. The SMILES string of the molecule is O=S(=O)(O)C(c1ccccc1)(c1cc(O)cc(Cl)c1)c1cc(Cl)c(Cl)c(O)c1Cl. The highest BCUT2D eigenvalue weighted by molar-refractivity contribution is 7.87. The Labute approximate surface area is 186 Å². The Kier molecular flexibility index (Phi) is 5.98. The van der Waals surface area contributed by atoms with Gasteiger partial charge in [0.05, 0.1) is 10.0 Å². The minimum Gasteiger partial charge on any atom is -0.508 e. The monoisotopic (exact) mass is 492 g/mol. The molecule has 3 rings (SSSR count). The van der Waals surface area contributed by atoms with Crippen molar-refractivity contribution < 1.29 is 23.2 Å². The fourth-order valence-electron chi connectivity index (χ4n) is 3.21. The van der Waals surface area contributed by atoms with E-state index in [1.165, 1.54) is 24.3 Å². The molecule has 0 saturated carbocycles. The van der Waals surface area contributed by atoms with E-state index in [1.54, 1.807) is 18.2 Å². The van der Waals surface area contributed by atoms with Gasteiger partial charge in [0.1, 0.15) is 10.8 Å². The minimum atomic E-state index is -5.06. The maximum Gasteiger partial charge on any atom is 0.283 e. The molecule has 0 aliphatic rings. The number of phenols is 2. The van der Waals surface area contributed by atoms with Crippen molar-refractivity contribution in [2.24, 2.45) is 0 Å². The van der Waals surface area contributed by atoms with E-state index in [2.05, 4.69) is 0 Å². The van der Waals surface area contributed by atoms with Crippen molar-refractivity contribution in [2.75, 3.05) is 0 Å². The summed E-state index contributed by atoms with van der Waals surface area (Å²) in [7, 11) is -5.06. The standard InChI is InChI=1S/C19H12Cl4O5S/c20-12-6-11(7-13(24)8-12)19(29(26,27)28,10-4-2-1-3-5-10)14-9-15(21)17(23)18(25)16(14)22/h1-9,24-25H,(H,26,27,28). The predicted octanol–water partition coefficient (Wildman–Crippen LogP) is 5.89. The van der Waals surface area contributed by atoms with Gasteiger partial charge in [-0.2, -0.15) is 8.42 Å². The molecular weight excluding hydrogens is 482 g/mol. The normalized spacial score (nSPS) is 13.8. The van der Waals surface area contributed by atoms with Gasteiger partial charge in [-0.05, 0) is 35.4 Å². The van der Waals surface area contributed by atoms with Gasteiger partial charge in [-0.3, -0.25) is 4.55 Å². The van der Waals surface area contributed by atoms with Crippen molar-refractivity contribution in [3.63, 3.8) is 0 Å². The van der Waals surface area contributed by atoms with Crippen molar-refractivity contribution in [3.8, 4) is 11.5 Å². The molecule has 0 saturated heterocycles. The molecule has 10 heteroatoms. The van der Waals surface area contributed by atoms with Crippen molar-refractivity contribution in [2.45, 2.75) is 4.75 Å². The van der Waals surface area contributed by atoms with Gasteiger partial charge in [0.25, 0.3) is 10.1 Å². The summed E-state index contributed by atoms with van der Waals surface area (Å²) in [6.45, 7) is 0. The van der Waals surface area contributed by atoms with Crippen LogP contribution in [0.1, 0.15) is 16.7 Å². The molecule has 0 heterocycles. The second-order valence-electron chi connectivity index (χ2n) is 6.10. The van der Waals surface area contributed by atoms with Crippen LogP contribution >= 0.6 is 46.4 Å². The lowest BCUT2D eigenvalue weighted by Gasteiger charge is -2.33. The maximum atomic E-state index is 13.0. The summed E-state index contributed by atoms with van der Waals surface area (Å²) in [5.74, 6) is -1.01. The average molecular weight is 494 g/mol. The van der Waals surface area contributed by atoms with Gasteiger partial charge >= 0.3 is 0 Å². The first kappa shape index (κ1) is 22.0. The van der Waals surface area contributed by atoms with E-state index in [9.17, 15) is 23.2 Å². The number of phenolic OH excluding ortho intramolecular Hbond substituents is 2. The first-order valence-electron chi connectivity index (χ1n) is 7.89. The number of hydrogen-bond donors (Lipinski definition) is 3. The molecule has 0 aromatic heterocycles. The fraction of sp³-hybridized carbons (Fsp3) is 0.0526. The van der Waals surface area contributed by atoms with E-state index in [4.69, 9.17) is 46.4 Å². The summed E-state index contributed by atoms with van der Waals surface area (Å²) < 4.78 is 34.0. The summed E-state index contributed by atoms with van der Waals surface area (Å²) in [6.07, 6.45) is 0. The Bertz CT molecular complexity index is 1180. The van der Waals surface area contributed by atoms with Crippen LogP contribution in [-0.4, -0.2) is 23.2 Å². The minimum absolute atomic E-state index is 0.00404. The Balaban J connectivity index is 2.62. The molecular formula is C19H12Cl4O5S. The summed E-state index contributed by atoms with van der Waals surface area (Å²) >= 11 is 24.3. The highest BCUT2D eigenvalue weighted by atomic mass is 35.5. The van der Waals surface area contributed by atoms with Crippen LogP contribution in [0.15, 0.2) is 54.6 Å². The smallest absolute Gasteiger partial charge is 0.283 e. The molecule has 3 N–H and O–H groups in total. The lowest BCUT2D eigenvalue weighted by molar-refractivity contribution is 0.455. The van der Waals surface area contributed by atoms with Crippen LogP contribution in [0.3, 0.4) is 0 Å². The van der Waals surface area contributed by atoms with E-state index >= 15 is 0 Å². The topological polar surface area (TPSA) is 94.8 Å². The molecule has 0 bridgehead atoms. The third-order valence-corrected chi connectivity index (χ3v) is 7.21. The molecule has 0 fully saturated rings. The molecule has 152 valence electrons. The quantitative estimate of drug-likeness (QED) is 0.239. The van der Waals surface area contributed by atoms with Gasteiger partial charge in [0.15, 0.2) is 10.5 Å². The van der Waals surface area contributed by atoms with Gasteiger partial charge in [-0.25, -0.2) is 0 Å². The molecule has 0 radical (unpaired) electrons. The Morgan fingerprint density at radius 2 is 1.41 bits per heavy atom. The Morgan fingerprint density at radius 1 is 0.793 bits per heavy atom.